The van der Waals surface area contributed by atoms with Gasteiger partial charge in [0.15, 0.2) is 0 Å². The highest BCUT2D eigenvalue weighted by molar-refractivity contribution is 5.84. The molecule has 140 valence electrons. The third-order valence-electron chi connectivity index (χ3n) is 4.22. The van der Waals surface area contributed by atoms with Gasteiger partial charge in [0.05, 0.1) is 23.8 Å². The highest BCUT2D eigenvalue weighted by atomic mass is 16.2. The van der Waals surface area contributed by atoms with Crippen LogP contribution in [0.1, 0.15) is 31.7 Å². The molecule has 0 bridgehead atoms. The molecule has 1 aromatic carbocycles. The minimum atomic E-state index is -0.159. The van der Waals surface area contributed by atoms with Crippen LogP contribution in [0.3, 0.4) is 0 Å². The monoisotopic (exact) mass is 358 g/mol. The summed E-state index contributed by atoms with van der Waals surface area (Å²) in [6.07, 6.45) is 3.18. The number of likely N-dealkylation sites (N-methyl/N-ethyl adjacent to an activating group) is 1. The van der Waals surface area contributed by atoms with Crippen LogP contribution in [-0.4, -0.2) is 46.4 Å². The van der Waals surface area contributed by atoms with E-state index in [2.05, 4.69) is 10.3 Å². The average Bonchev–Trinajstić information content (AvgIpc) is 2.62. The van der Waals surface area contributed by atoms with Crippen molar-refractivity contribution < 1.29 is 9.59 Å². The first-order valence-corrected chi connectivity index (χ1v) is 8.89. The van der Waals surface area contributed by atoms with Crippen LogP contribution in [0.2, 0.25) is 0 Å². The summed E-state index contributed by atoms with van der Waals surface area (Å²) < 4.78 is 1.53. The van der Waals surface area contributed by atoms with Gasteiger partial charge in [0.2, 0.25) is 11.8 Å². The van der Waals surface area contributed by atoms with Gasteiger partial charge in [0, 0.05) is 26.6 Å². The first-order valence-electron chi connectivity index (χ1n) is 8.89. The Hall–Kier alpha value is -2.70. The third kappa shape index (κ3) is 4.91. The average molecular weight is 358 g/mol. The number of nitrogens with one attached hydrogen (secondary N) is 1. The molecule has 0 fully saturated rings. The Balaban J connectivity index is 1.90. The van der Waals surface area contributed by atoms with E-state index in [1.54, 1.807) is 13.1 Å². The highest BCUT2D eigenvalue weighted by Gasteiger charge is 2.13. The Bertz CT molecular complexity index is 844. The fourth-order valence-corrected chi connectivity index (χ4v) is 2.71. The minimum Gasteiger partial charge on any atom is -0.355 e. The number of hydrogen-bond donors (Lipinski definition) is 1. The maximum Gasteiger partial charge on any atom is 0.261 e. The van der Waals surface area contributed by atoms with Crippen LogP contribution < -0.4 is 10.9 Å². The first kappa shape index (κ1) is 19.6. The van der Waals surface area contributed by atoms with Gasteiger partial charge in [-0.3, -0.25) is 19.0 Å². The van der Waals surface area contributed by atoms with Crippen LogP contribution in [0.4, 0.5) is 0 Å². The lowest BCUT2D eigenvalue weighted by Crippen LogP contribution is -2.38. The normalized spacial score (nSPS) is 10.7. The van der Waals surface area contributed by atoms with Gasteiger partial charge in [-0.15, -0.1) is 0 Å². The quantitative estimate of drug-likeness (QED) is 0.774. The summed E-state index contributed by atoms with van der Waals surface area (Å²) in [5.74, 6) is -0.276. The number of amides is 2. The van der Waals surface area contributed by atoms with E-state index in [0.717, 1.165) is 12.0 Å². The molecular weight excluding hydrogens is 332 g/mol. The molecule has 0 saturated carbocycles. The summed E-state index contributed by atoms with van der Waals surface area (Å²) >= 11 is 0. The van der Waals surface area contributed by atoms with Crippen LogP contribution in [0.25, 0.3) is 10.9 Å². The molecule has 2 rings (SSSR count). The lowest BCUT2D eigenvalue weighted by molar-refractivity contribution is -0.134. The summed E-state index contributed by atoms with van der Waals surface area (Å²) in [6, 6.07) is 5.53. The lowest BCUT2D eigenvalue weighted by Gasteiger charge is -2.17. The Morgan fingerprint density at radius 1 is 1.31 bits per heavy atom. The molecule has 2 amide bonds. The molecule has 0 spiro atoms. The molecule has 0 aliphatic rings. The molecule has 0 aliphatic carbocycles. The molecular formula is C19H26N4O3. The topological polar surface area (TPSA) is 84.3 Å². The Morgan fingerprint density at radius 2 is 2.08 bits per heavy atom. The van der Waals surface area contributed by atoms with Crippen molar-refractivity contribution in [3.05, 3.63) is 40.4 Å². The number of carbonyl (C=O) groups excluding carboxylic acids is 2. The van der Waals surface area contributed by atoms with Crippen LogP contribution in [-0.2, 0) is 16.1 Å². The molecule has 0 unspecified atom stereocenters. The molecule has 26 heavy (non-hydrogen) atoms. The molecule has 0 aliphatic heterocycles. The SMILES string of the molecule is CCCNC(=O)CN(C)C(=O)CCCn1cnc2c(C)cccc2c1=O. The van der Waals surface area contributed by atoms with Gasteiger partial charge in [0.25, 0.3) is 5.56 Å². The molecule has 0 saturated heterocycles. The first-order chi connectivity index (χ1) is 12.4. The molecule has 1 heterocycles. The van der Waals surface area contributed by atoms with Gasteiger partial charge >= 0.3 is 0 Å². The van der Waals surface area contributed by atoms with Crippen molar-refractivity contribution in [3.63, 3.8) is 0 Å². The maximum absolute atomic E-state index is 12.5. The zero-order chi connectivity index (χ0) is 19.1. The van der Waals surface area contributed by atoms with Crippen LogP contribution in [0.5, 0.6) is 0 Å². The number of carbonyl (C=O) groups is 2. The molecule has 1 N–H and O–H groups in total. The minimum absolute atomic E-state index is 0.0512. The van der Waals surface area contributed by atoms with E-state index >= 15 is 0 Å². The van der Waals surface area contributed by atoms with Crippen LogP contribution in [0.15, 0.2) is 29.3 Å². The number of aryl methyl sites for hydroxylation is 2. The van der Waals surface area contributed by atoms with Crippen LogP contribution in [0, 0.1) is 6.92 Å². The maximum atomic E-state index is 12.5. The van der Waals surface area contributed by atoms with E-state index in [1.165, 1.54) is 15.8 Å². The smallest absolute Gasteiger partial charge is 0.261 e. The molecule has 2 aromatic rings. The zero-order valence-electron chi connectivity index (χ0n) is 15.6. The number of aromatic nitrogens is 2. The van der Waals surface area contributed by atoms with Gasteiger partial charge in [-0.1, -0.05) is 19.1 Å². The summed E-state index contributed by atoms with van der Waals surface area (Å²) in [7, 11) is 1.61. The van der Waals surface area contributed by atoms with Crippen molar-refractivity contribution in [2.45, 2.75) is 39.7 Å². The zero-order valence-corrected chi connectivity index (χ0v) is 15.6. The molecule has 0 atom stereocenters. The number of benzene rings is 1. The van der Waals surface area contributed by atoms with Gasteiger partial charge < -0.3 is 10.2 Å². The van der Waals surface area contributed by atoms with Crippen molar-refractivity contribution in [1.82, 2.24) is 19.8 Å². The molecule has 7 heteroatoms. The second-order valence-electron chi connectivity index (χ2n) is 6.42. The van der Waals surface area contributed by atoms with Gasteiger partial charge in [-0.25, -0.2) is 4.98 Å². The van der Waals surface area contributed by atoms with E-state index < -0.39 is 0 Å². The second-order valence-corrected chi connectivity index (χ2v) is 6.42. The van der Waals surface area contributed by atoms with E-state index in [-0.39, 0.29) is 30.3 Å². The third-order valence-corrected chi connectivity index (χ3v) is 4.22. The van der Waals surface area contributed by atoms with E-state index in [4.69, 9.17) is 0 Å². The summed E-state index contributed by atoms with van der Waals surface area (Å²) in [5, 5.41) is 3.33. The molecule has 7 nitrogen and oxygen atoms in total. The van der Waals surface area contributed by atoms with Gasteiger partial charge in [-0.2, -0.15) is 0 Å². The number of fused-ring (bicyclic) bond motifs is 1. The Labute approximate surface area is 153 Å². The fraction of sp³-hybridized carbons (Fsp3) is 0.474. The van der Waals surface area contributed by atoms with Crippen molar-refractivity contribution in [2.75, 3.05) is 20.1 Å². The Morgan fingerprint density at radius 3 is 2.81 bits per heavy atom. The van der Waals surface area contributed by atoms with E-state index in [0.29, 0.717) is 30.4 Å². The van der Waals surface area contributed by atoms with Crippen LogP contribution >= 0.6 is 0 Å². The fourth-order valence-electron chi connectivity index (χ4n) is 2.71. The lowest BCUT2D eigenvalue weighted by atomic mass is 10.1. The number of nitrogens with zero attached hydrogens (tertiary/aromatic N) is 3. The number of rotatable bonds is 8. The highest BCUT2D eigenvalue weighted by Crippen LogP contribution is 2.11. The van der Waals surface area contributed by atoms with Crippen molar-refractivity contribution >= 4 is 22.7 Å². The van der Waals surface area contributed by atoms with Gasteiger partial charge in [-0.05, 0) is 31.4 Å². The number of para-hydroxylation sites is 1. The largest absolute Gasteiger partial charge is 0.355 e. The summed E-state index contributed by atoms with van der Waals surface area (Å²) in [4.78, 5) is 42.1. The summed E-state index contributed by atoms with van der Waals surface area (Å²) in [6.45, 7) is 4.97. The van der Waals surface area contributed by atoms with Crippen molar-refractivity contribution in [2.24, 2.45) is 0 Å². The standard InChI is InChI=1S/C19H26N4O3/c1-4-10-20-16(24)12-22(3)17(25)9-6-11-23-13-21-18-14(2)7-5-8-15(18)19(23)26/h5,7-8,13H,4,6,9-12H2,1-3H3,(H,20,24). The predicted molar refractivity (Wildman–Crippen MR) is 101 cm³/mol. The van der Waals surface area contributed by atoms with Crippen molar-refractivity contribution in [3.8, 4) is 0 Å². The second kappa shape index (κ2) is 9.12. The summed E-state index contributed by atoms with van der Waals surface area (Å²) in [5.41, 5.74) is 1.58. The van der Waals surface area contributed by atoms with Crippen molar-refractivity contribution in [1.29, 1.82) is 0 Å². The van der Waals surface area contributed by atoms with Gasteiger partial charge in [0.1, 0.15) is 0 Å². The van der Waals surface area contributed by atoms with E-state index in [9.17, 15) is 14.4 Å². The van der Waals surface area contributed by atoms with E-state index in [1.807, 2.05) is 26.0 Å². The molecule has 0 radical (unpaired) electrons. The molecule has 1 aromatic heterocycles. The predicted octanol–water partition coefficient (Wildman–Crippen LogP) is 1.47. The Kier molecular flexibility index (Phi) is 6.89. The number of hydrogen-bond acceptors (Lipinski definition) is 4.